The predicted octanol–water partition coefficient (Wildman–Crippen LogP) is 3.72. The van der Waals surface area contributed by atoms with Crippen LogP contribution in [0.2, 0.25) is 0 Å². The van der Waals surface area contributed by atoms with Crippen molar-refractivity contribution in [1.82, 2.24) is 14.9 Å². The van der Waals surface area contributed by atoms with Gasteiger partial charge in [0.25, 0.3) is 5.91 Å². The summed E-state index contributed by atoms with van der Waals surface area (Å²) in [4.78, 5) is 23.6. The maximum Gasteiger partial charge on any atom is 0.257 e. The molecule has 0 spiro atoms. The van der Waals surface area contributed by atoms with Gasteiger partial charge in [-0.2, -0.15) is 0 Å². The number of likely N-dealkylation sites (tertiary alicyclic amines) is 1. The zero-order chi connectivity index (χ0) is 16.9. The summed E-state index contributed by atoms with van der Waals surface area (Å²) >= 11 is 0. The van der Waals surface area contributed by atoms with E-state index in [2.05, 4.69) is 34.2 Å². The Morgan fingerprint density at radius 1 is 1.21 bits per heavy atom. The maximum atomic E-state index is 13.0. The van der Waals surface area contributed by atoms with Gasteiger partial charge < -0.3 is 4.90 Å². The summed E-state index contributed by atoms with van der Waals surface area (Å²) in [5, 5.41) is 0. The van der Waals surface area contributed by atoms with E-state index in [1.165, 1.54) is 12.0 Å². The Morgan fingerprint density at radius 2 is 2.00 bits per heavy atom. The Hall–Kier alpha value is -2.23. The Kier molecular flexibility index (Phi) is 5.24. The Labute approximate surface area is 143 Å². The molecule has 4 nitrogen and oxygen atoms in total. The number of hydrogen-bond acceptors (Lipinski definition) is 3. The van der Waals surface area contributed by atoms with Crippen LogP contribution in [0.25, 0.3) is 0 Å². The minimum absolute atomic E-state index is 0.0882. The number of rotatable bonds is 4. The minimum Gasteiger partial charge on any atom is -0.336 e. The molecule has 1 amide bonds. The SMILES string of the molecule is Cc1ncc(C(=O)N2CCCC[C@H]2CCc2ccccc2)c(C)n1. The smallest absolute Gasteiger partial charge is 0.257 e. The summed E-state index contributed by atoms with van der Waals surface area (Å²) in [7, 11) is 0. The number of piperidine rings is 1. The number of carbonyl (C=O) groups excluding carboxylic acids is 1. The van der Waals surface area contributed by atoms with E-state index in [9.17, 15) is 4.79 Å². The lowest BCUT2D eigenvalue weighted by atomic mass is 9.95. The fourth-order valence-corrected chi connectivity index (χ4v) is 3.49. The van der Waals surface area contributed by atoms with E-state index in [0.29, 0.717) is 17.4 Å². The highest BCUT2D eigenvalue weighted by Gasteiger charge is 2.28. The van der Waals surface area contributed by atoms with Crippen LogP contribution in [-0.4, -0.2) is 33.4 Å². The van der Waals surface area contributed by atoms with Crippen molar-refractivity contribution >= 4 is 5.91 Å². The number of aryl methyl sites for hydroxylation is 3. The molecule has 0 radical (unpaired) electrons. The van der Waals surface area contributed by atoms with Crippen LogP contribution in [0.15, 0.2) is 36.5 Å². The van der Waals surface area contributed by atoms with Crippen LogP contribution in [0.3, 0.4) is 0 Å². The fraction of sp³-hybridized carbons (Fsp3) is 0.450. The summed E-state index contributed by atoms with van der Waals surface area (Å²) in [6.45, 7) is 4.58. The molecule has 3 rings (SSSR count). The number of aromatic nitrogens is 2. The minimum atomic E-state index is 0.0882. The lowest BCUT2D eigenvalue weighted by molar-refractivity contribution is 0.0600. The molecule has 4 heteroatoms. The van der Waals surface area contributed by atoms with Crippen LogP contribution >= 0.6 is 0 Å². The highest BCUT2D eigenvalue weighted by Crippen LogP contribution is 2.24. The molecule has 1 saturated heterocycles. The largest absolute Gasteiger partial charge is 0.336 e. The van der Waals surface area contributed by atoms with E-state index in [0.717, 1.165) is 37.9 Å². The van der Waals surface area contributed by atoms with Crippen molar-refractivity contribution in [1.29, 1.82) is 0 Å². The van der Waals surface area contributed by atoms with Crippen molar-refractivity contribution in [3.63, 3.8) is 0 Å². The molecule has 0 unspecified atom stereocenters. The highest BCUT2D eigenvalue weighted by atomic mass is 16.2. The highest BCUT2D eigenvalue weighted by molar-refractivity contribution is 5.95. The normalized spacial score (nSPS) is 17.8. The van der Waals surface area contributed by atoms with E-state index in [1.54, 1.807) is 6.20 Å². The molecule has 0 N–H and O–H groups in total. The van der Waals surface area contributed by atoms with Crippen LogP contribution < -0.4 is 0 Å². The van der Waals surface area contributed by atoms with Gasteiger partial charge in [0, 0.05) is 18.8 Å². The molecule has 0 aliphatic carbocycles. The van der Waals surface area contributed by atoms with E-state index in [-0.39, 0.29) is 5.91 Å². The number of hydrogen-bond donors (Lipinski definition) is 0. The first-order valence-electron chi connectivity index (χ1n) is 8.80. The average Bonchev–Trinajstić information content (AvgIpc) is 2.60. The predicted molar refractivity (Wildman–Crippen MR) is 94.9 cm³/mol. The van der Waals surface area contributed by atoms with Gasteiger partial charge in [0.05, 0.1) is 11.3 Å². The molecular formula is C20H25N3O. The van der Waals surface area contributed by atoms with Gasteiger partial charge in [0.1, 0.15) is 5.82 Å². The molecule has 2 heterocycles. The second kappa shape index (κ2) is 7.56. The Bertz CT molecular complexity index is 699. The molecule has 0 bridgehead atoms. The summed E-state index contributed by atoms with van der Waals surface area (Å²) < 4.78 is 0. The third-order valence-electron chi connectivity index (χ3n) is 4.83. The van der Waals surface area contributed by atoms with Gasteiger partial charge in [0.2, 0.25) is 0 Å². The molecule has 1 aromatic heterocycles. The van der Waals surface area contributed by atoms with Crippen molar-refractivity contribution in [2.24, 2.45) is 0 Å². The van der Waals surface area contributed by atoms with Crippen molar-refractivity contribution in [3.8, 4) is 0 Å². The molecule has 1 aliphatic rings. The van der Waals surface area contributed by atoms with E-state index < -0.39 is 0 Å². The van der Waals surface area contributed by atoms with Crippen LogP contribution in [-0.2, 0) is 6.42 Å². The quantitative estimate of drug-likeness (QED) is 0.861. The first-order valence-corrected chi connectivity index (χ1v) is 8.80. The van der Waals surface area contributed by atoms with Gasteiger partial charge in [-0.3, -0.25) is 4.79 Å². The first-order chi connectivity index (χ1) is 11.6. The third-order valence-corrected chi connectivity index (χ3v) is 4.83. The molecule has 1 fully saturated rings. The molecule has 1 atom stereocenters. The van der Waals surface area contributed by atoms with Crippen LogP contribution in [0, 0.1) is 13.8 Å². The second-order valence-electron chi connectivity index (χ2n) is 6.59. The Balaban J connectivity index is 1.72. The zero-order valence-electron chi connectivity index (χ0n) is 14.5. The number of amides is 1. The van der Waals surface area contributed by atoms with Crippen molar-refractivity contribution in [3.05, 3.63) is 59.2 Å². The number of benzene rings is 1. The monoisotopic (exact) mass is 323 g/mol. The van der Waals surface area contributed by atoms with Gasteiger partial charge in [0.15, 0.2) is 0 Å². The number of carbonyl (C=O) groups is 1. The summed E-state index contributed by atoms with van der Waals surface area (Å²) in [6, 6.07) is 10.8. The zero-order valence-corrected chi connectivity index (χ0v) is 14.5. The molecule has 126 valence electrons. The van der Waals surface area contributed by atoms with Crippen LogP contribution in [0.4, 0.5) is 0 Å². The second-order valence-corrected chi connectivity index (χ2v) is 6.59. The van der Waals surface area contributed by atoms with Crippen LogP contribution in [0.1, 0.15) is 53.1 Å². The molecule has 1 aliphatic heterocycles. The maximum absolute atomic E-state index is 13.0. The van der Waals surface area contributed by atoms with Crippen molar-refractivity contribution < 1.29 is 4.79 Å². The van der Waals surface area contributed by atoms with Gasteiger partial charge >= 0.3 is 0 Å². The number of nitrogens with zero attached hydrogens (tertiary/aromatic N) is 3. The Morgan fingerprint density at radius 3 is 2.75 bits per heavy atom. The lowest BCUT2D eigenvalue weighted by Gasteiger charge is -2.36. The molecule has 1 aromatic carbocycles. The lowest BCUT2D eigenvalue weighted by Crippen LogP contribution is -2.44. The van der Waals surface area contributed by atoms with E-state index in [1.807, 2.05) is 24.8 Å². The van der Waals surface area contributed by atoms with Gasteiger partial charge in [-0.1, -0.05) is 30.3 Å². The van der Waals surface area contributed by atoms with Crippen LogP contribution in [0.5, 0.6) is 0 Å². The van der Waals surface area contributed by atoms with E-state index in [4.69, 9.17) is 0 Å². The molecule has 0 saturated carbocycles. The van der Waals surface area contributed by atoms with Gasteiger partial charge in [-0.15, -0.1) is 0 Å². The van der Waals surface area contributed by atoms with Gasteiger partial charge in [-0.25, -0.2) is 9.97 Å². The molecule has 2 aromatic rings. The van der Waals surface area contributed by atoms with Gasteiger partial charge in [-0.05, 0) is 51.5 Å². The van der Waals surface area contributed by atoms with Crippen molar-refractivity contribution in [2.45, 2.75) is 52.0 Å². The summed E-state index contributed by atoms with van der Waals surface area (Å²) in [6.07, 6.45) is 7.08. The third kappa shape index (κ3) is 3.81. The van der Waals surface area contributed by atoms with Crippen molar-refractivity contribution in [2.75, 3.05) is 6.54 Å². The topological polar surface area (TPSA) is 46.1 Å². The molecular weight excluding hydrogens is 298 g/mol. The summed E-state index contributed by atoms with van der Waals surface area (Å²) in [5.41, 5.74) is 2.76. The fourth-order valence-electron chi connectivity index (χ4n) is 3.49. The standard InChI is InChI=1S/C20H25N3O/c1-15-19(14-21-16(2)22-15)20(24)23-13-7-6-10-18(23)12-11-17-8-4-3-5-9-17/h3-5,8-9,14,18H,6-7,10-13H2,1-2H3/t18-/m0/s1. The molecule has 24 heavy (non-hydrogen) atoms. The average molecular weight is 323 g/mol. The van der Waals surface area contributed by atoms with E-state index >= 15 is 0 Å². The summed E-state index contributed by atoms with van der Waals surface area (Å²) in [5.74, 6) is 0.800. The first kappa shape index (κ1) is 16.6.